The molecule has 0 aliphatic carbocycles. The van der Waals surface area contributed by atoms with Crippen molar-refractivity contribution in [2.75, 3.05) is 12.4 Å². The molecule has 2 nitrogen and oxygen atoms in total. The number of rotatable bonds is 7. The fourth-order valence-corrected chi connectivity index (χ4v) is 3.25. The first-order valence-electron chi connectivity index (χ1n) is 6.50. The molecule has 1 aromatic heterocycles. The van der Waals surface area contributed by atoms with E-state index in [0.717, 1.165) is 29.8 Å². The zero-order valence-electron chi connectivity index (χ0n) is 11.1. The number of anilines is 1. The van der Waals surface area contributed by atoms with Crippen LogP contribution < -0.4 is 5.32 Å². The summed E-state index contributed by atoms with van der Waals surface area (Å²) in [5.41, 5.74) is 2.17. The zero-order chi connectivity index (χ0) is 12.7. The van der Waals surface area contributed by atoms with Gasteiger partial charge in [0.2, 0.25) is 0 Å². The fraction of sp³-hybridized carbons (Fsp3) is 0.643. The molecule has 0 saturated heterocycles. The molecule has 0 aliphatic rings. The van der Waals surface area contributed by atoms with E-state index in [1.807, 2.05) is 7.05 Å². The minimum Gasteiger partial charge on any atom is -0.379 e. The normalized spacial score (nSPS) is 10.2. The van der Waals surface area contributed by atoms with Gasteiger partial charge in [-0.1, -0.05) is 33.1 Å². The van der Waals surface area contributed by atoms with Crippen molar-refractivity contribution in [2.24, 2.45) is 0 Å². The van der Waals surface area contributed by atoms with Gasteiger partial charge in [0.05, 0.1) is 5.56 Å². The van der Waals surface area contributed by atoms with Crippen LogP contribution in [-0.4, -0.2) is 7.05 Å². The third-order valence-electron chi connectivity index (χ3n) is 2.94. The van der Waals surface area contributed by atoms with Crippen molar-refractivity contribution in [3.05, 3.63) is 16.0 Å². The Morgan fingerprint density at radius 1 is 1.18 bits per heavy atom. The maximum atomic E-state index is 9.26. The predicted molar refractivity (Wildman–Crippen MR) is 75.8 cm³/mol. The molecule has 0 aromatic carbocycles. The van der Waals surface area contributed by atoms with Gasteiger partial charge in [0.1, 0.15) is 11.1 Å². The molecule has 1 rings (SSSR count). The standard InChI is InChI=1S/C14H22N2S/c1-4-6-7-9-13-11(8-5-2)12(10-15)14(16-3)17-13/h16H,4-9H2,1-3H3. The lowest BCUT2D eigenvalue weighted by Crippen LogP contribution is -1.93. The maximum absolute atomic E-state index is 9.26. The summed E-state index contributed by atoms with van der Waals surface area (Å²) in [6.45, 7) is 4.40. The number of thiophene rings is 1. The van der Waals surface area contributed by atoms with Gasteiger partial charge in [0.15, 0.2) is 0 Å². The molecule has 0 atom stereocenters. The molecule has 3 heteroatoms. The molecule has 0 saturated carbocycles. The van der Waals surface area contributed by atoms with Gasteiger partial charge in [0.25, 0.3) is 0 Å². The summed E-state index contributed by atoms with van der Waals surface area (Å²) >= 11 is 1.77. The number of nitriles is 1. The third-order valence-corrected chi connectivity index (χ3v) is 4.25. The van der Waals surface area contributed by atoms with Crippen LogP contribution in [0, 0.1) is 11.3 Å². The van der Waals surface area contributed by atoms with Crippen molar-refractivity contribution in [1.29, 1.82) is 5.26 Å². The summed E-state index contributed by atoms with van der Waals surface area (Å²) in [6.07, 6.45) is 7.03. The van der Waals surface area contributed by atoms with Crippen LogP contribution in [0.4, 0.5) is 5.00 Å². The Hall–Kier alpha value is -1.01. The van der Waals surface area contributed by atoms with Crippen LogP contribution in [0.1, 0.15) is 55.5 Å². The van der Waals surface area contributed by atoms with Gasteiger partial charge in [-0.25, -0.2) is 0 Å². The average molecular weight is 250 g/mol. The number of aryl methyl sites for hydroxylation is 1. The van der Waals surface area contributed by atoms with Crippen LogP contribution in [0.2, 0.25) is 0 Å². The lowest BCUT2D eigenvalue weighted by Gasteiger charge is -2.02. The van der Waals surface area contributed by atoms with E-state index >= 15 is 0 Å². The smallest absolute Gasteiger partial charge is 0.107 e. The number of nitrogens with one attached hydrogen (secondary N) is 1. The largest absolute Gasteiger partial charge is 0.379 e. The van der Waals surface area contributed by atoms with Gasteiger partial charge in [-0.2, -0.15) is 5.26 Å². The highest BCUT2D eigenvalue weighted by Crippen LogP contribution is 2.34. The SMILES string of the molecule is CCCCCc1sc(NC)c(C#N)c1CCC. The lowest BCUT2D eigenvalue weighted by molar-refractivity contribution is 0.718. The molecule has 94 valence electrons. The van der Waals surface area contributed by atoms with Gasteiger partial charge in [0, 0.05) is 11.9 Å². The monoisotopic (exact) mass is 250 g/mol. The van der Waals surface area contributed by atoms with E-state index in [1.54, 1.807) is 11.3 Å². The number of unbranched alkanes of at least 4 members (excludes halogenated alkanes) is 2. The topological polar surface area (TPSA) is 35.8 Å². The summed E-state index contributed by atoms with van der Waals surface area (Å²) in [5, 5.41) is 13.5. The second-order valence-electron chi connectivity index (χ2n) is 4.28. The minimum atomic E-state index is 0.880. The Kier molecular flexibility index (Phi) is 6.07. The van der Waals surface area contributed by atoms with E-state index in [1.165, 1.54) is 29.7 Å². The molecule has 0 spiro atoms. The molecular formula is C14H22N2S. The van der Waals surface area contributed by atoms with Crippen LogP contribution >= 0.6 is 11.3 Å². The first-order valence-corrected chi connectivity index (χ1v) is 7.32. The van der Waals surface area contributed by atoms with E-state index in [0.29, 0.717) is 0 Å². The van der Waals surface area contributed by atoms with Gasteiger partial charge >= 0.3 is 0 Å². The first-order chi connectivity index (χ1) is 8.28. The van der Waals surface area contributed by atoms with Gasteiger partial charge in [-0.15, -0.1) is 11.3 Å². The molecule has 0 unspecified atom stereocenters. The molecule has 1 aromatic rings. The molecule has 17 heavy (non-hydrogen) atoms. The van der Waals surface area contributed by atoms with Crippen molar-refractivity contribution in [3.8, 4) is 6.07 Å². The molecule has 0 amide bonds. The number of hydrogen-bond acceptors (Lipinski definition) is 3. The van der Waals surface area contributed by atoms with E-state index in [-0.39, 0.29) is 0 Å². The number of nitrogens with zero attached hydrogens (tertiary/aromatic N) is 1. The van der Waals surface area contributed by atoms with Crippen LogP contribution in [-0.2, 0) is 12.8 Å². The maximum Gasteiger partial charge on any atom is 0.107 e. The van der Waals surface area contributed by atoms with Crippen molar-refractivity contribution in [2.45, 2.75) is 52.4 Å². The summed E-state index contributed by atoms with van der Waals surface area (Å²) in [6, 6.07) is 2.36. The van der Waals surface area contributed by atoms with E-state index in [4.69, 9.17) is 0 Å². The van der Waals surface area contributed by atoms with Crippen LogP contribution in [0.5, 0.6) is 0 Å². The molecule has 0 bridgehead atoms. The summed E-state index contributed by atoms with van der Waals surface area (Å²) in [5.74, 6) is 0. The predicted octanol–water partition coefficient (Wildman–Crippen LogP) is 4.35. The Morgan fingerprint density at radius 3 is 2.47 bits per heavy atom. The van der Waals surface area contributed by atoms with Crippen LogP contribution in [0.15, 0.2) is 0 Å². The quantitative estimate of drug-likeness (QED) is 0.730. The van der Waals surface area contributed by atoms with Gasteiger partial charge < -0.3 is 5.32 Å². The molecule has 1 heterocycles. The van der Waals surface area contributed by atoms with Crippen molar-refractivity contribution in [1.82, 2.24) is 0 Å². The molecule has 0 fully saturated rings. The summed E-state index contributed by atoms with van der Waals surface area (Å²) < 4.78 is 0. The Balaban J connectivity index is 2.94. The Bertz CT molecular complexity index is 388. The second kappa shape index (κ2) is 7.34. The third kappa shape index (κ3) is 3.47. The molecule has 0 aliphatic heterocycles. The molecular weight excluding hydrogens is 228 g/mol. The fourth-order valence-electron chi connectivity index (χ4n) is 2.06. The van der Waals surface area contributed by atoms with Crippen molar-refractivity contribution < 1.29 is 0 Å². The summed E-state index contributed by atoms with van der Waals surface area (Å²) in [7, 11) is 1.90. The highest BCUT2D eigenvalue weighted by molar-refractivity contribution is 7.16. The lowest BCUT2D eigenvalue weighted by atomic mass is 10.0. The van der Waals surface area contributed by atoms with Gasteiger partial charge in [-0.3, -0.25) is 0 Å². The Morgan fingerprint density at radius 2 is 1.94 bits per heavy atom. The Labute approximate surface area is 109 Å². The van der Waals surface area contributed by atoms with E-state index < -0.39 is 0 Å². The zero-order valence-corrected chi connectivity index (χ0v) is 11.9. The first kappa shape index (κ1) is 14.1. The molecule has 0 radical (unpaired) electrons. The molecule has 1 N–H and O–H groups in total. The van der Waals surface area contributed by atoms with Gasteiger partial charge in [-0.05, 0) is 24.8 Å². The number of hydrogen-bond donors (Lipinski definition) is 1. The highest BCUT2D eigenvalue weighted by atomic mass is 32.1. The van der Waals surface area contributed by atoms with E-state index in [9.17, 15) is 5.26 Å². The van der Waals surface area contributed by atoms with Crippen LogP contribution in [0.25, 0.3) is 0 Å². The van der Waals surface area contributed by atoms with Crippen LogP contribution in [0.3, 0.4) is 0 Å². The highest BCUT2D eigenvalue weighted by Gasteiger charge is 2.16. The summed E-state index contributed by atoms with van der Waals surface area (Å²) in [4.78, 5) is 1.42. The van der Waals surface area contributed by atoms with Crippen molar-refractivity contribution in [3.63, 3.8) is 0 Å². The van der Waals surface area contributed by atoms with E-state index in [2.05, 4.69) is 25.2 Å². The van der Waals surface area contributed by atoms with Crippen molar-refractivity contribution >= 4 is 16.3 Å². The second-order valence-corrected chi connectivity index (χ2v) is 5.38. The average Bonchev–Trinajstić information content (AvgIpc) is 2.68. The minimum absolute atomic E-state index is 0.880.